The van der Waals surface area contributed by atoms with E-state index in [4.69, 9.17) is 0 Å². The monoisotopic (exact) mass is 172 g/mol. The second-order valence-electron chi connectivity index (χ2n) is 1.80. The van der Waals surface area contributed by atoms with Gasteiger partial charge in [0.25, 0.3) is 0 Å². The molecule has 11 heavy (non-hydrogen) atoms. The molecule has 0 aliphatic heterocycles. The summed E-state index contributed by atoms with van der Waals surface area (Å²) in [6.07, 6.45) is 3.00. The number of aromatic nitrogens is 4. The fourth-order valence-corrected chi connectivity index (χ4v) is 0.968. The molecule has 0 unspecified atom stereocenters. The molecule has 0 amide bonds. The predicted molar refractivity (Wildman–Crippen MR) is 41.4 cm³/mol. The van der Waals surface area contributed by atoms with Gasteiger partial charge in [-0.3, -0.25) is 4.70 Å². The summed E-state index contributed by atoms with van der Waals surface area (Å²) in [6.45, 7) is 0. The quantitative estimate of drug-likeness (QED) is 0.456. The summed E-state index contributed by atoms with van der Waals surface area (Å²) in [5, 5.41) is 0.627. The summed E-state index contributed by atoms with van der Waals surface area (Å²) in [7, 11) is 0. The zero-order valence-corrected chi connectivity index (χ0v) is 6.25. The molecular formula is C5H5FN4S. The Morgan fingerprint density at radius 1 is 1.27 bits per heavy atom. The van der Waals surface area contributed by atoms with Gasteiger partial charge in [0.2, 0.25) is 0 Å². The SMILES string of the molecule is F.Sc1ncnc2nc[nH]c12. The minimum atomic E-state index is 0. The molecule has 0 aliphatic rings. The lowest BCUT2D eigenvalue weighted by Crippen LogP contribution is -1.81. The fraction of sp³-hybridized carbons (Fsp3) is 0. The van der Waals surface area contributed by atoms with Gasteiger partial charge >= 0.3 is 0 Å². The number of aromatic amines is 1. The van der Waals surface area contributed by atoms with Crippen molar-refractivity contribution in [1.29, 1.82) is 0 Å². The summed E-state index contributed by atoms with van der Waals surface area (Å²) < 4.78 is 0. The summed E-state index contributed by atoms with van der Waals surface area (Å²) in [6, 6.07) is 0. The molecule has 2 aromatic rings. The van der Waals surface area contributed by atoms with Crippen LogP contribution in [-0.4, -0.2) is 19.9 Å². The Morgan fingerprint density at radius 3 is 2.82 bits per heavy atom. The second-order valence-corrected chi connectivity index (χ2v) is 2.22. The van der Waals surface area contributed by atoms with Crippen LogP contribution in [0.2, 0.25) is 0 Å². The van der Waals surface area contributed by atoms with Crippen LogP contribution in [0.5, 0.6) is 0 Å². The molecule has 0 fully saturated rings. The van der Waals surface area contributed by atoms with Gasteiger partial charge in [-0.2, -0.15) is 0 Å². The number of nitrogens with zero attached hydrogens (tertiary/aromatic N) is 3. The number of hydrogen-bond acceptors (Lipinski definition) is 4. The number of hydrogen-bond donors (Lipinski definition) is 2. The number of imidazole rings is 1. The number of fused-ring (bicyclic) bond motifs is 1. The van der Waals surface area contributed by atoms with Crippen LogP contribution in [0.3, 0.4) is 0 Å². The third-order valence-corrected chi connectivity index (χ3v) is 1.54. The largest absolute Gasteiger partial charge is 0.341 e. The van der Waals surface area contributed by atoms with Crippen molar-refractivity contribution < 1.29 is 4.70 Å². The van der Waals surface area contributed by atoms with E-state index in [1.807, 2.05) is 0 Å². The van der Waals surface area contributed by atoms with E-state index in [1.54, 1.807) is 6.33 Å². The number of thiol groups is 1. The Labute approximate surface area is 66.9 Å². The highest BCUT2D eigenvalue weighted by Crippen LogP contribution is 2.11. The van der Waals surface area contributed by atoms with E-state index in [-0.39, 0.29) is 4.70 Å². The normalized spacial score (nSPS) is 9.55. The molecule has 6 heteroatoms. The molecule has 0 bridgehead atoms. The standard InChI is InChI=1S/C5H4N4S.FH/c10-5-3-4(7-1-6-3)8-2-9-5;/h1-2H,(H2,6,7,8,9,10);1H. The maximum atomic E-state index is 4.09. The van der Waals surface area contributed by atoms with E-state index < -0.39 is 0 Å². The van der Waals surface area contributed by atoms with Crippen LogP contribution in [0.25, 0.3) is 11.2 Å². The predicted octanol–water partition coefficient (Wildman–Crippen LogP) is 0.794. The maximum Gasteiger partial charge on any atom is 0.181 e. The van der Waals surface area contributed by atoms with Crippen molar-refractivity contribution >= 4 is 23.8 Å². The summed E-state index contributed by atoms with van der Waals surface area (Å²) >= 11 is 4.09. The highest BCUT2D eigenvalue weighted by atomic mass is 32.1. The van der Waals surface area contributed by atoms with Crippen LogP contribution in [0.1, 0.15) is 0 Å². The zero-order valence-electron chi connectivity index (χ0n) is 5.35. The van der Waals surface area contributed by atoms with Crippen LogP contribution < -0.4 is 0 Å². The van der Waals surface area contributed by atoms with Gasteiger partial charge < -0.3 is 4.98 Å². The van der Waals surface area contributed by atoms with E-state index in [0.29, 0.717) is 10.7 Å². The topological polar surface area (TPSA) is 54.5 Å². The van der Waals surface area contributed by atoms with Gasteiger partial charge in [0, 0.05) is 0 Å². The summed E-state index contributed by atoms with van der Waals surface area (Å²) in [5.41, 5.74) is 1.44. The minimum absolute atomic E-state index is 0. The van der Waals surface area contributed by atoms with Crippen molar-refractivity contribution in [3.8, 4) is 0 Å². The van der Waals surface area contributed by atoms with Gasteiger partial charge in [0.05, 0.1) is 6.33 Å². The van der Waals surface area contributed by atoms with Gasteiger partial charge in [-0.15, -0.1) is 12.6 Å². The molecule has 0 saturated heterocycles. The van der Waals surface area contributed by atoms with Crippen molar-refractivity contribution in [2.24, 2.45) is 0 Å². The Hall–Kier alpha value is -1.17. The number of nitrogens with one attached hydrogen (secondary N) is 1. The van der Waals surface area contributed by atoms with Gasteiger partial charge in [-0.05, 0) is 0 Å². The van der Waals surface area contributed by atoms with E-state index in [1.165, 1.54) is 6.33 Å². The van der Waals surface area contributed by atoms with E-state index in [9.17, 15) is 0 Å². The van der Waals surface area contributed by atoms with E-state index >= 15 is 0 Å². The van der Waals surface area contributed by atoms with Gasteiger partial charge in [0.1, 0.15) is 16.9 Å². The van der Waals surface area contributed by atoms with Crippen molar-refractivity contribution in [1.82, 2.24) is 19.9 Å². The van der Waals surface area contributed by atoms with Crippen molar-refractivity contribution in [2.45, 2.75) is 5.03 Å². The van der Waals surface area contributed by atoms with E-state index in [2.05, 4.69) is 32.6 Å². The average molecular weight is 172 g/mol. The van der Waals surface area contributed by atoms with Crippen LogP contribution in [0.15, 0.2) is 17.7 Å². The molecule has 0 saturated carbocycles. The highest BCUT2D eigenvalue weighted by Gasteiger charge is 1.99. The molecule has 0 spiro atoms. The summed E-state index contributed by atoms with van der Waals surface area (Å²) in [4.78, 5) is 14.6. The first kappa shape index (κ1) is 7.93. The van der Waals surface area contributed by atoms with Crippen LogP contribution in [-0.2, 0) is 0 Å². The molecule has 0 aromatic carbocycles. The third kappa shape index (κ3) is 1.16. The second kappa shape index (κ2) is 2.83. The molecule has 4 nitrogen and oxygen atoms in total. The van der Waals surface area contributed by atoms with Crippen LogP contribution >= 0.6 is 12.6 Å². The van der Waals surface area contributed by atoms with Gasteiger partial charge in [-0.25, -0.2) is 15.0 Å². The Bertz CT molecular complexity index is 360. The molecular weight excluding hydrogens is 167 g/mol. The molecule has 1 N–H and O–H groups in total. The third-order valence-electron chi connectivity index (χ3n) is 1.20. The molecule has 58 valence electrons. The molecule has 0 atom stereocenters. The molecule has 0 aliphatic carbocycles. The Balaban J connectivity index is 0.000000605. The zero-order chi connectivity index (χ0) is 6.97. The fourth-order valence-electron chi connectivity index (χ4n) is 0.752. The van der Waals surface area contributed by atoms with Gasteiger partial charge in [0.15, 0.2) is 5.65 Å². The number of rotatable bonds is 0. The molecule has 2 aromatic heterocycles. The molecule has 0 radical (unpaired) electrons. The van der Waals surface area contributed by atoms with Crippen molar-refractivity contribution in [3.05, 3.63) is 12.7 Å². The first-order chi connectivity index (χ1) is 4.88. The smallest absolute Gasteiger partial charge is 0.181 e. The lowest BCUT2D eigenvalue weighted by molar-refractivity contribution is 1.09. The number of halogens is 1. The number of H-pyrrole nitrogens is 1. The van der Waals surface area contributed by atoms with Crippen molar-refractivity contribution in [3.63, 3.8) is 0 Å². The average Bonchev–Trinajstić information content (AvgIpc) is 2.36. The lowest BCUT2D eigenvalue weighted by Gasteiger charge is -1.88. The Kier molecular flexibility index (Phi) is 2.04. The van der Waals surface area contributed by atoms with Crippen LogP contribution in [0, 0.1) is 0 Å². The first-order valence-corrected chi connectivity index (χ1v) is 3.15. The minimum Gasteiger partial charge on any atom is -0.341 e. The van der Waals surface area contributed by atoms with Gasteiger partial charge in [-0.1, -0.05) is 0 Å². The Morgan fingerprint density at radius 2 is 2.09 bits per heavy atom. The molecule has 2 rings (SSSR count). The van der Waals surface area contributed by atoms with E-state index in [0.717, 1.165) is 5.52 Å². The van der Waals surface area contributed by atoms with Crippen molar-refractivity contribution in [2.75, 3.05) is 0 Å². The lowest BCUT2D eigenvalue weighted by atomic mass is 10.6. The van der Waals surface area contributed by atoms with Crippen LogP contribution in [0.4, 0.5) is 4.70 Å². The summed E-state index contributed by atoms with van der Waals surface area (Å²) in [5.74, 6) is 0. The molecule has 2 heterocycles. The first-order valence-electron chi connectivity index (χ1n) is 2.71. The highest BCUT2D eigenvalue weighted by molar-refractivity contribution is 7.80. The maximum absolute atomic E-state index is 4.09.